The van der Waals surface area contributed by atoms with Gasteiger partial charge in [0.25, 0.3) is 0 Å². The number of nitrogens with zero attached hydrogens (tertiary/aromatic N) is 1. The molecule has 1 heterocycles. The van der Waals surface area contributed by atoms with E-state index in [-0.39, 0.29) is 0 Å². The van der Waals surface area contributed by atoms with Crippen molar-refractivity contribution in [1.29, 1.82) is 0 Å². The third-order valence-electron chi connectivity index (χ3n) is 1.36. The first-order chi connectivity index (χ1) is 5.24. The zero-order chi connectivity index (χ0) is 8.27. The van der Waals surface area contributed by atoms with Crippen LogP contribution in [0.25, 0.3) is 0 Å². The van der Waals surface area contributed by atoms with Crippen LogP contribution in [0.15, 0.2) is 16.7 Å². The minimum absolute atomic E-state index is 0.888. The molecule has 0 amide bonds. The Hall–Kier alpha value is -0.570. The van der Waals surface area contributed by atoms with Crippen LogP contribution in [0, 0.1) is 6.92 Å². The van der Waals surface area contributed by atoms with Crippen molar-refractivity contribution < 1.29 is 0 Å². The van der Waals surface area contributed by atoms with Gasteiger partial charge in [0, 0.05) is 12.2 Å². The number of pyridine rings is 1. The van der Waals surface area contributed by atoms with Crippen LogP contribution in [0.2, 0.25) is 0 Å². The summed E-state index contributed by atoms with van der Waals surface area (Å²) in [5, 5.41) is 3.19. The molecule has 0 spiro atoms. The number of anilines is 1. The van der Waals surface area contributed by atoms with E-state index in [2.05, 4.69) is 33.2 Å². The second-order valence-electron chi connectivity index (χ2n) is 2.32. The fraction of sp³-hybridized carbons (Fsp3) is 0.375. The van der Waals surface area contributed by atoms with Gasteiger partial charge in [-0.15, -0.1) is 0 Å². The Kier molecular flexibility index (Phi) is 2.88. The van der Waals surface area contributed by atoms with Gasteiger partial charge in [-0.2, -0.15) is 0 Å². The minimum Gasteiger partial charge on any atom is -0.383 e. The van der Waals surface area contributed by atoms with E-state index in [0.717, 1.165) is 22.5 Å². The number of aromatic nitrogens is 1. The molecule has 2 nitrogen and oxygen atoms in total. The summed E-state index contributed by atoms with van der Waals surface area (Å²) in [7, 11) is 0. The largest absolute Gasteiger partial charge is 0.383 e. The van der Waals surface area contributed by atoms with Gasteiger partial charge in [-0.25, -0.2) is 4.98 Å². The lowest BCUT2D eigenvalue weighted by Crippen LogP contribution is -1.98. The SMILES string of the molecule is CCNc1ccc(C)nc1Br. The Morgan fingerprint density at radius 3 is 2.82 bits per heavy atom. The van der Waals surface area contributed by atoms with Crippen LogP contribution < -0.4 is 5.32 Å². The predicted molar refractivity (Wildman–Crippen MR) is 50.8 cm³/mol. The van der Waals surface area contributed by atoms with Crippen LogP contribution in [-0.2, 0) is 0 Å². The summed E-state index contributed by atoms with van der Waals surface area (Å²) >= 11 is 3.37. The summed E-state index contributed by atoms with van der Waals surface area (Å²) in [6.45, 7) is 4.95. The summed E-state index contributed by atoms with van der Waals surface area (Å²) < 4.78 is 0.888. The molecule has 1 aromatic heterocycles. The molecule has 60 valence electrons. The van der Waals surface area contributed by atoms with Gasteiger partial charge in [-0.05, 0) is 41.9 Å². The maximum absolute atomic E-state index is 4.25. The number of rotatable bonds is 2. The van der Waals surface area contributed by atoms with Crippen LogP contribution in [0.3, 0.4) is 0 Å². The fourth-order valence-electron chi connectivity index (χ4n) is 0.847. The van der Waals surface area contributed by atoms with Crippen LogP contribution in [0.1, 0.15) is 12.6 Å². The summed E-state index contributed by atoms with van der Waals surface area (Å²) in [6.07, 6.45) is 0. The van der Waals surface area contributed by atoms with Gasteiger partial charge in [0.15, 0.2) is 0 Å². The van der Waals surface area contributed by atoms with Gasteiger partial charge in [-0.1, -0.05) is 0 Å². The van der Waals surface area contributed by atoms with Crippen molar-refractivity contribution in [1.82, 2.24) is 4.98 Å². The van der Waals surface area contributed by atoms with Crippen molar-refractivity contribution in [2.75, 3.05) is 11.9 Å². The zero-order valence-electron chi connectivity index (χ0n) is 6.69. The maximum atomic E-state index is 4.25. The molecule has 0 atom stereocenters. The quantitative estimate of drug-likeness (QED) is 0.767. The van der Waals surface area contributed by atoms with Crippen molar-refractivity contribution in [3.8, 4) is 0 Å². The Bertz CT molecular complexity index is 248. The molecular weight excluding hydrogens is 204 g/mol. The van der Waals surface area contributed by atoms with Crippen LogP contribution in [-0.4, -0.2) is 11.5 Å². The molecular formula is C8H11BrN2. The highest BCUT2D eigenvalue weighted by atomic mass is 79.9. The highest BCUT2D eigenvalue weighted by Gasteiger charge is 1.97. The number of nitrogens with one attached hydrogen (secondary N) is 1. The van der Waals surface area contributed by atoms with E-state index in [4.69, 9.17) is 0 Å². The molecule has 0 fully saturated rings. The Morgan fingerprint density at radius 2 is 2.27 bits per heavy atom. The van der Waals surface area contributed by atoms with Gasteiger partial charge < -0.3 is 5.32 Å². The molecule has 1 N–H and O–H groups in total. The summed E-state index contributed by atoms with van der Waals surface area (Å²) in [5.41, 5.74) is 2.08. The van der Waals surface area contributed by atoms with Gasteiger partial charge >= 0.3 is 0 Å². The van der Waals surface area contributed by atoms with Gasteiger partial charge in [0.05, 0.1) is 5.69 Å². The Balaban J connectivity index is 2.90. The normalized spacial score (nSPS) is 9.73. The standard InChI is InChI=1S/C8H11BrN2/c1-3-10-7-5-4-6(2)11-8(7)9/h4-5,10H,3H2,1-2H3. The van der Waals surface area contributed by atoms with Gasteiger partial charge in [0.2, 0.25) is 0 Å². The summed E-state index contributed by atoms with van der Waals surface area (Å²) in [5.74, 6) is 0. The third kappa shape index (κ3) is 2.19. The van der Waals surface area contributed by atoms with Crippen molar-refractivity contribution in [3.05, 3.63) is 22.4 Å². The van der Waals surface area contributed by atoms with E-state index in [0.29, 0.717) is 0 Å². The number of halogens is 1. The molecule has 11 heavy (non-hydrogen) atoms. The molecule has 3 heteroatoms. The summed E-state index contributed by atoms with van der Waals surface area (Å²) in [6, 6.07) is 4.01. The average molecular weight is 215 g/mol. The minimum atomic E-state index is 0.888. The molecule has 0 aliphatic carbocycles. The molecule has 1 rings (SSSR count). The number of aryl methyl sites for hydroxylation is 1. The second kappa shape index (κ2) is 3.72. The van der Waals surface area contributed by atoms with Gasteiger partial charge in [0.1, 0.15) is 4.60 Å². The van der Waals surface area contributed by atoms with Crippen LogP contribution >= 0.6 is 15.9 Å². The second-order valence-corrected chi connectivity index (χ2v) is 3.07. The van der Waals surface area contributed by atoms with Crippen LogP contribution in [0.4, 0.5) is 5.69 Å². The van der Waals surface area contributed by atoms with Crippen molar-refractivity contribution >= 4 is 21.6 Å². The molecule has 0 saturated heterocycles. The molecule has 0 unspecified atom stereocenters. The Labute approximate surface area is 75.2 Å². The Morgan fingerprint density at radius 1 is 1.55 bits per heavy atom. The van der Waals surface area contributed by atoms with E-state index < -0.39 is 0 Å². The van der Waals surface area contributed by atoms with E-state index in [1.54, 1.807) is 0 Å². The predicted octanol–water partition coefficient (Wildman–Crippen LogP) is 2.58. The smallest absolute Gasteiger partial charge is 0.129 e. The van der Waals surface area contributed by atoms with E-state index >= 15 is 0 Å². The molecule has 0 aromatic carbocycles. The van der Waals surface area contributed by atoms with Crippen molar-refractivity contribution in [2.45, 2.75) is 13.8 Å². The molecule has 0 aliphatic heterocycles. The monoisotopic (exact) mass is 214 g/mol. The number of hydrogen-bond acceptors (Lipinski definition) is 2. The first kappa shape index (κ1) is 8.53. The molecule has 1 aromatic rings. The van der Waals surface area contributed by atoms with E-state index in [9.17, 15) is 0 Å². The van der Waals surface area contributed by atoms with E-state index in [1.807, 2.05) is 19.1 Å². The fourth-order valence-corrected chi connectivity index (χ4v) is 1.40. The van der Waals surface area contributed by atoms with E-state index in [1.165, 1.54) is 0 Å². The molecule has 0 aliphatic rings. The molecule has 0 radical (unpaired) electrons. The first-order valence-corrected chi connectivity index (χ1v) is 4.40. The average Bonchev–Trinajstić information content (AvgIpc) is 1.95. The zero-order valence-corrected chi connectivity index (χ0v) is 8.27. The van der Waals surface area contributed by atoms with Gasteiger partial charge in [-0.3, -0.25) is 0 Å². The lowest BCUT2D eigenvalue weighted by Gasteiger charge is -2.04. The number of hydrogen-bond donors (Lipinski definition) is 1. The topological polar surface area (TPSA) is 24.9 Å². The summed E-state index contributed by atoms with van der Waals surface area (Å²) in [4.78, 5) is 4.25. The maximum Gasteiger partial charge on any atom is 0.129 e. The van der Waals surface area contributed by atoms with Crippen molar-refractivity contribution in [2.24, 2.45) is 0 Å². The third-order valence-corrected chi connectivity index (χ3v) is 1.96. The van der Waals surface area contributed by atoms with Crippen molar-refractivity contribution in [3.63, 3.8) is 0 Å². The highest BCUT2D eigenvalue weighted by molar-refractivity contribution is 9.10. The van der Waals surface area contributed by atoms with Crippen LogP contribution in [0.5, 0.6) is 0 Å². The molecule has 0 saturated carbocycles. The highest BCUT2D eigenvalue weighted by Crippen LogP contribution is 2.19. The molecule has 0 bridgehead atoms. The lowest BCUT2D eigenvalue weighted by atomic mass is 10.3. The first-order valence-electron chi connectivity index (χ1n) is 3.61. The lowest BCUT2D eigenvalue weighted by molar-refractivity contribution is 1.13.